The zero-order valence-electron chi connectivity index (χ0n) is 27.3. The van der Waals surface area contributed by atoms with Gasteiger partial charge in [-0.05, 0) is 73.3 Å². The third-order valence-corrected chi connectivity index (χ3v) is 10.8. The Balaban J connectivity index is 1.57. The van der Waals surface area contributed by atoms with Crippen LogP contribution in [0.4, 0.5) is 11.4 Å². The van der Waals surface area contributed by atoms with Crippen molar-refractivity contribution in [3.8, 4) is 5.75 Å². The quantitative estimate of drug-likeness (QED) is 0.190. The Morgan fingerprint density at radius 3 is 2.28 bits per heavy atom. The molecule has 3 aromatic rings. The number of nitrogens with one attached hydrogen (secondary N) is 1. The molecule has 10 heteroatoms. The van der Waals surface area contributed by atoms with E-state index in [0.717, 1.165) is 31.4 Å². The largest absolute Gasteiger partial charge is 0.492 e. The van der Waals surface area contributed by atoms with Gasteiger partial charge in [-0.2, -0.15) is 0 Å². The van der Waals surface area contributed by atoms with Crippen LogP contribution in [0.1, 0.15) is 78.3 Å². The van der Waals surface area contributed by atoms with E-state index in [9.17, 15) is 18.0 Å². The van der Waals surface area contributed by atoms with Crippen LogP contribution in [0.5, 0.6) is 5.75 Å². The highest BCUT2D eigenvalue weighted by atomic mass is 79.9. The monoisotopic (exact) mass is 712 g/mol. The minimum atomic E-state index is -3.69. The van der Waals surface area contributed by atoms with Gasteiger partial charge in [0.1, 0.15) is 11.4 Å². The smallest absolute Gasteiger partial charge is 0.333 e. The third kappa shape index (κ3) is 8.91. The van der Waals surface area contributed by atoms with Crippen LogP contribution >= 0.6 is 15.9 Å². The first-order chi connectivity index (χ1) is 21.8. The maximum atomic E-state index is 14.1. The van der Waals surface area contributed by atoms with Crippen molar-refractivity contribution < 1.29 is 27.5 Å². The second-order valence-electron chi connectivity index (χ2n) is 12.9. The molecule has 0 saturated carbocycles. The van der Waals surface area contributed by atoms with E-state index in [4.69, 9.17) is 9.47 Å². The van der Waals surface area contributed by atoms with E-state index in [1.54, 1.807) is 57.2 Å². The van der Waals surface area contributed by atoms with Crippen molar-refractivity contribution in [2.45, 2.75) is 83.3 Å². The average molecular weight is 714 g/mol. The van der Waals surface area contributed by atoms with Crippen LogP contribution in [-0.4, -0.2) is 44.8 Å². The maximum Gasteiger partial charge on any atom is 0.333 e. The fraction of sp³-hybridized carbons (Fsp3) is 0.444. The summed E-state index contributed by atoms with van der Waals surface area (Å²) in [6, 6.07) is 21.2. The molecule has 2 atom stereocenters. The number of para-hydroxylation sites is 1. The van der Waals surface area contributed by atoms with Crippen molar-refractivity contribution >= 4 is 49.0 Å². The highest BCUT2D eigenvalue weighted by Gasteiger charge is 2.42. The molecule has 1 amide bonds. The predicted octanol–water partition coefficient (Wildman–Crippen LogP) is 7.93. The van der Waals surface area contributed by atoms with Crippen LogP contribution in [0.25, 0.3) is 0 Å². The lowest BCUT2D eigenvalue weighted by Crippen LogP contribution is -2.38. The molecule has 4 rings (SSSR count). The first-order valence-corrected chi connectivity index (χ1v) is 18.3. The Morgan fingerprint density at radius 1 is 1.02 bits per heavy atom. The Morgan fingerprint density at radius 2 is 1.67 bits per heavy atom. The summed E-state index contributed by atoms with van der Waals surface area (Å²) in [5.41, 5.74) is 0.982. The van der Waals surface area contributed by atoms with Gasteiger partial charge in [0, 0.05) is 23.7 Å². The van der Waals surface area contributed by atoms with Crippen LogP contribution in [0.2, 0.25) is 0 Å². The van der Waals surface area contributed by atoms with E-state index in [-0.39, 0.29) is 23.7 Å². The molecular weight excluding hydrogens is 668 g/mol. The van der Waals surface area contributed by atoms with Gasteiger partial charge in [-0.15, -0.1) is 0 Å². The van der Waals surface area contributed by atoms with Crippen molar-refractivity contribution in [3.05, 3.63) is 82.8 Å². The highest BCUT2D eigenvalue weighted by Crippen LogP contribution is 2.46. The molecular formula is C36H45BrN2O6S. The molecule has 0 radical (unpaired) electrons. The van der Waals surface area contributed by atoms with E-state index in [1.165, 1.54) is 0 Å². The number of carbonyl (C=O) groups is 2. The Bertz CT molecular complexity index is 1610. The van der Waals surface area contributed by atoms with Crippen molar-refractivity contribution in [1.29, 1.82) is 0 Å². The summed E-state index contributed by atoms with van der Waals surface area (Å²) in [6.45, 7) is 10.1. The predicted molar refractivity (Wildman–Crippen MR) is 185 cm³/mol. The van der Waals surface area contributed by atoms with E-state index >= 15 is 0 Å². The number of esters is 1. The highest BCUT2D eigenvalue weighted by molar-refractivity contribution is 9.10. The van der Waals surface area contributed by atoms with Crippen molar-refractivity contribution in [1.82, 2.24) is 5.32 Å². The van der Waals surface area contributed by atoms with Gasteiger partial charge in [-0.25, -0.2) is 13.2 Å². The minimum Gasteiger partial charge on any atom is -0.492 e. The summed E-state index contributed by atoms with van der Waals surface area (Å²) in [7, 11) is -3.69. The van der Waals surface area contributed by atoms with Crippen molar-refractivity contribution in [3.63, 3.8) is 0 Å². The number of hydrogen-bond donors (Lipinski definition) is 1. The Labute approximate surface area is 281 Å². The number of carbonyl (C=O) groups excluding carboxylic acids is 2. The molecule has 1 heterocycles. The summed E-state index contributed by atoms with van der Waals surface area (Å²) >= 11 is 3.60. The van der Waals surface area contributed by atoms with Crippen LogP contribution in [-0.2, 0) is 24.2 Å². The number of sulfone groups is 1. The molecule has 1 N–H and O–H groups in total. The van der Waals surface area contributed by atoms with Crippen LogP contribution < -0.4 is 15.0 Å². The fourth-order valence-corrected chi connectivity index (χ4v) is 8.37. The molecule has 2 unspecified atom stereocenters. The standard InChI is InChI=1S/C36H45BrN2O6S/c1-6-8-20-36(7-2)24-39(27-17-13-10-14-18-27)29-22-28(37)30(23-31(29)46(42,43)25-36)44-21-19-32(40)38-33(26-15-11-9-12-16-26)34(41)45-35(3,4)5/h9-18,22-23,33H,6-8,19-21,24-25H2,1-5H3,(H,38,40). The summed E-state index contributed by atoms with van der Waals surface area (Å²) in [4.78, 5) is 28.3. The zero-order valence-corrected chi connectivity index (χ0v) is 29.7. The molecule has 3 aromatic carbocycles. The molecule has 46 heavy (non-hydrogen) atoms. The molecule has 0 aromatic heterocycles. The number of anilines is 2. The summed E-state index contributed by atoms with van der Waals surface area (Å²) in [5, 5.41) is 2.78. The maximum absolute atomic E-state index is 14.1. The molecule has 1 aliphatic rings. The number of nitrogens with zero attached hydrogens (tertiary/aromatic N) is 1. The lowest BCUT2D eigenvalue weighted by Gasteiger charge is -2.36. The van der Waals surface area contributed by atoms with Crippen molar-refractivity contribution in [2.75, 3.05) is 23.8 Å². The van der Waals surface area contributed by atoms with E-state index in [1.807, 2.05) is 36.4 Å². The van der Waals surface area contributed by atoms with Gasteiger partial charge >= 0.3 is 5.97 Å². The SMILES string of the molecule is CCCCC1(CC)CN(c2ccccc2)c2cc(Br)c(OCCC(=O)NC(C(=O)OC(C)(C)C)c3ccccc3)cc2S(=O)(=O)C1. The normalized spacial score (nSPS) is 18.2. The first-order valence-electron chi connectivity index (χ1n) is 15.9. The molecule has 0 fully saturated rings. The van der Waals surface area contributed by atoms with Crippen LogP contribution in [0, 0.1) is 5.41 Å². The second kappa shape index (κ2) is 15.0. The number of ether oxygens (including phenoxy) is 2. The summed E-state index contributed by atoms with van der Waals surface area (Å²) in [6.07, 6.45) is 3.41. The molecule has 0 bridgehead atoms. The zero-order chi connectivity index (χ0) is 33.5. The number of unbranched alkanes of at least 4 members (excludes halogenated alkanes) is 1. The van der Waals surface area contributed by atoms with Gasteiger partial charge in [0.05, 0.1) is 33.8 Å². The van der Waals surface area contributed by atoms with Gasteiger partial charge in [-0.1, -0.05) is 75.2 Å². The van der Waals surface area contributed by atoms with Gasteiger partial charge in [0.25, 0.3) is 0 Å². The Kier molecular flexibility index (Phi) is 11.6. The van der Waals surface area contributed by atoms with Gasteiger partial charge in [-0.3, -0.25) is 4.79 Å². The van der Waals surface area contributed by atoms with Gasteiger partial charge < -0.3 is 19.7 Å². The number of benzene rings is 3. The molecule has 8 nitrogen and oxygen atoms in total. The first kappa shape index (κ1) is 35.5. The average Bonchev–Trinajstić information content (AvgIpc) is 3.10. The lowest BCUT2D eigenvalue weighted by atomic mass is 9.81. The number of rotatable bonds is 12. The number of fused-ring (bicyclic) bond motifs is 1. The summed E-state index contributed by atoms with van der Waals surface area (Å²) in [5.74, 6) is -0.594. The number of halogens is 1. The van der Waals surface area contributed by atoms with Gasteiger partial charge in [0.15, 0.2) is 15.9 Å². The fourth-order valence-electron chi connectivity index (χ4n) is 5.75. The van der Waals surface area contributed by atoms with E-state index < -0.39 is 38.8 Å². The third-order valence-electron chi connectivity index (χ3n) is 8.17. The second-order valence-corrected chi connectivity index (χ2v) is 15.7. The molecule has 0 spiro atoms. The van der Waals surface area contributed by atoms with E-state index in [0.29, 0.717) is 28.0 Å². The van der Waals surface area contributed by atoms with E-state index in [2.05, 4.69) is 40.0 Å². The van der Waals surface area contributed by atoms with Gasteiger partial charge in [0.2, 0.25) is 5.91 Å². The van der Waals surface area contributed by atoms with Crippen LogP contribution in [0.15, 0.2) is 82.2 Å². The summed E-state index contributed by atoms with van der Waals surface area (Å²) < 4.78 is 40.3. The molecule has 1 aliphatic heterocycles. The Hall–Kier alpha value is -3.37. The van der Waals surface area contributed by atoms with Crippen molar-refractivity contribution in [2.24, 2.45) is 5.41 Å². The topological polar surface area (TPSA) is 102 Å². The number of amides is 1. The molecule has 248 valence electrons. The minimum absolute atomic E-state index is 0.0309. The van der Waals surface area contributed by atoms with Crippen LogP contribution in [0.3, 0.4) is 0 Å². The molecule has 0 saturated heterocycles. The number of hydrogen-bond acceptors (Lipinski definition) is 7. The lowest BCUT2D eigenvalue weighted by molar-refractivity contribution is -0.159. The molecule has 0 aliphatic carbocycles.